The van der Waals surface area contributed by atoms with E-state index in [1.807, 2.05) is 32.0 Å². The van der Waals surface area contributed by atoms with Gasteiger partial charge in [0.25, 0.3) is 5.69 Å². The summed E-state index contributed by atoms with van der Waals surface area (Å²) in [6.07, 6.45) is 1.79. The Morgan fingerprint density at radius 1 is 1.05 bits per heavy atom. The largest absolute Gasteiger partial charge is 0.494 e. The first-order chi connectivity index (χ1) is 17.8. The molecule has 37 heavy (non-hydrogen) atoms. The van der Waals surface area contributed by atoms with Crippen LogP contribution in [0, 0.1) is 30.9 Å². The summed E-state index contributed by atoms with van der Waals surface area (Å²) < 4.78 is 7.64. The van der Waals surface area contributed by atoms with E-state index in [-0.39, 0.29) is 17.8 Å². The summed E-state index contributed by atoms with van der Waals surface area (Å²) >= 11 is 5.86. The predicted molar refractivity (Wildman–Crippen MR) is 148 cm³/mol. The number of aryl methyl sites for hydroxylation is 2. The molecule has 188 valence electrons. The van der Waals surface area contributed by atoms with Gasteiger partial charge in [-0.2, -0.15) is 0 Å². The number of nitro benzene ring substituents is 1. The number of hydrogen-bond acceptors (Lipinski definition) is 5. The monoisotopic (exact) mass is 513 g/mol. The second-order valence-electron chi connectivity index (χ2n) is 9.11. The molecule has 8 nitrogen and oxygen atoms in total. The second-order valence-corrected chi connectivity index (χ2v) is 9.49. The van der Waals surface area contributed by atoms with Gasteiger partial charge in [0.2, 0.25) is 0 Å². The highest BCUT2D eigenvalue weighted by molar-refractivity contribution is 7.80. The van der Waals surface area contributed by atoms with Crippen molar-refractivity contribution in [3.8, 4) is 11.4 Å². The number of pyridine rings is 1. The van der Waals surface area contributed by atoms with Crippen molar-refractivity contribution < 1.29 is 9.66 Å². The first-order valence-corrected chi connectivity index (χ1v) is 12.3. The second kappa shape index (κ2) is 9.67. The van der Waals surface area contributed by atoms with Gasteiger partial charge < -0.3 is 19.5 Å². The SMILES string of the molecule is COc1cc([N+](=O)[O-])ccc1-n1c(C)cc(C2C(c3ccccn3)NC(=S)N2c2ccc(C)cc2)c1C. The van der Waals surface area contributed by atoms with Gasteiger partial charge in [-0.05, 0) is 75.0 Å². The molecule has 1 aliphatic rings. The third-order valence-electron chi connectivity index (χ3n) is 6.81. The topological polar surface area (TPSA) is 85.5 Å². The molecule has 0 radical (unpaired) electrons. The minimum Gasteiger partial charge on any atom is -0.494 e. The average Bonchev–Trinajstić information content (AvgIpc) is 3.39. The number of ether oxygens (including phenoxy) is 1. The number of nitro groups is 1. The smallest absolute Gasteiger partial charge is 0.273 e. The molecule has 2 unspecified atom stereocenters. The lowest BCUT2D eigenvalue weighted by molar-refractivity contribution is -0.384. The van der Waals surface area contributed by atoms with Crippen molar-refractivity contribution in [1.82, 2.24) is 14.9 Å². The minimum atomic E-state index is -0.421. The molecule has 0 spiro atoms. The third-order valence-corrected chi connectivity index (χ3v) is 7.13. The number of aromatic nitrogens is 2. The quantitative estimate of drug-likeness (QED) is 0.195. The number of non-ortho nitro benzene ring substituents is 1. The maximum Gasteiger partial charge on any atom is 0.273 e. The Kier molecular flexibility index (Phi) is 6.39. The van der Waals surface area contributed by atoms with Crippen LogP contribution in [0.3, 0.4) is 0 Å². The number of nitrogens with one attached hydrogen (secondary N) is 1. The highest BCUT2D eigenvalue weighted by Crippen LogP contribution is 2.44. The molecule has 5 rings (SSSR count). The zero-order chi connectivity index (χ0) is 26.3. The van der Waals surface area contributed by atoms with Gasteiger partial charge in [0.05, 0.1) is 41.6 Å². The molecule has 0 saturated carbocycles. The number of rotatable bonds is 6. The fourth-order valence-corrected chi connectivity index (χ4v) is 5.42. The van der Waals surface area contributed by atoms with Crippen LogP contribution >= 0.6 is 12.2 Å². The molecule has 0 bridgehead atoms. The number of methoxy groups -OCH3 is 1. The summed E-state index contributed by atoms with van der Waals surface area (Å²) in [4.78, 5) is 17.7. The maximum atomic E-state index is 11.3. The minimum absolute atomic E-state index is 0.0191. The number of anilines is 1. The molecule has 0 amide bonds. The normalized spacial score (nSPS) is 17.1. The molecule has 3 heterocycles. The molecular formula is C28H27N5O3S. The van der Waals surface area contributed by atoms with E-state index >= 15 is 0 Å². The Morgan fingerprint density at radius 2 is 1.81 bits per heavy atom. The van der Waals surface area contributed by atoms with Crippen LogP contribution in [0.25, 0.3) is 5.69 Å². The van der Waals surface area contributed by atoms with E-state index in [0.717, 1.165) is 34.0 Å². The van der Waals surface area contributed by atoms with Crippen molar-refractivity contribution >= 4 is 28.7 Å². The van der Waals surface area contributed by atoms with Crippen LogP contribution in [0.1, 0.15) is 40.3 Å². The van der Waals surface area contributed by atoms with Crippen LogP contribution in [0.15, 0.2) is 72.9 Å². The van der Waals surface area contributed by atoms with E-state index in [0.29, 0.717) is 10.9 Å². The van der Waals surface area contributed by atoms with Gasteiger partial charge in [-0.1, -0.05) is 23.8 Å². The van der Waals surface area contributed by atoms with Crippen LogP contribution in [0.5, 0.6) is 5.75 Å². The molecule has 1 N–H and O–H groups in total. The molecule has 9 heteroatoms. The highest BCUT2D eigenvalue weighted by atomic mass is 32.1. The van der Waals surface area contributed by atoms with Crippen LogP contribution in [-0.2, 0) is 0 Å². The van der Waals surface area contributed by atoms with E-state index in [4.69, 9.17) is 17.0 Å². The van der Waals surface area contributed by atoms with Gasteiger partial charge in [0, 0.05) is 29.3 Å². The first-order valence-electron chi connectivity index (χ1n) is 11.9. The lowest BCUT2D eigenvalue weighted by Gasteiger charge is -2.28. The molecule has 1 fully saturated rings. The van der Waals surface area contributed by atoms with E-state index in [1.54, 1.807) is 12.3 Å². The van der Waals surface area contributed by atoms with Crippen LogP contribution in [-0.4, -0.2) is 26.7 Å². The third kappa shape index (κ3) is 4.31. The summed E-state index contributed by atoms with van der Waals surface area (Å²) in [7, 11) is 1.52. The maximum absolute atomic E-state index is 11.3. The molecule has 2 aromatic carbocycles. The lowest BCUT2D eigenvalue weighted by atomic mass is 9.96. The highest BCUT2D eigenvalue weighted by Gasteiger charge is 2.42. The van der Waals surface area contributed by atoms with Crippen molar-refractivity contribution in [2.24, 2.45) is 0 Å². The van der Waals surface area contributed by atoms with Crippen molar-refractivity contribution in [2.75, 3.05) is 12.0 Å². The summed E-state index contributed by atoms with van der Waals surface area (Å²) in [6, 6.07) is 20.7. The summed E-state index contributed by atoms with van der Waals surface area (Å²) in [5.41, 5.74) is 6.80. The Balaban J connectivity index is 1.68. The fraction of sp³-hybridized carbons (Fsp3) is 0.214. The standard InChI is InChI=1S/C28H27N5O3S/c1-17-8-10-20(11-9-17)32-27(26(30-28(32)37)23-7-5-6-14-29-23)22-15-18(2)31(19(22)3)24-13-12-21(33(34)35)16-25(24)36-4/h5-16,26-27H,1-4H3,(H,30,37). The molecular weight excluding hydrogens is 486 g/mol. The lowest BCUT2D eigenvalue weighted by Crippen LogP contribution is -2.29. The van der Waals surface area contributed by atoms with Crippen molar-refractivity contribution in [1.29, 1.82) is 0 Å². The van der Waals surface area contributed by atoms with Gasteiger partial charge in [-0.25, -0.2) is 0 Å². The van der Waals surface area contributed by atoms with Gasteiger partial charge >= 0.3 is 0 Å². The van der Waals surface area contributed by atoms with Crippen molar-refractivity contribution in [3.05, 3.63) is 111 Å². The fourth-order valence-electron chi connectivity index (χ4n) is 5.08. The summed E-state index contributed by atoms with van der Waals surface area (Å²) in [6.45, 7) is 6.13. The van der Waals surface area contributed by atoms with Crippen LogP contribution in [0.4, 0.5) is 11.4 Å². The zero-order valence-electron chi connectivity index (χ0n) is 21.0. The Bertz CT molecular complexity index is 1480. The molecule has 1 aliphatic heterocycles. The molecule has 4 aromatic rings. The number of nitrogens with zero attached hydrogens (tertiary/aromatic N) is 4. The average molecular weight is 514 g/mol. The molecule has 1 saturated heterocycles. The van der Waals surface area contributed by atoms with Gasteiger partial charge in [0.15, 0.2) is 5.11 Å². The summed E-state index contributed by atoms with van der Waals surface area (Å²) in [5.74, 6) is 0.430. The number of hydrogen-bond donors (Lipinski definition) is 1. The zero-order valence-corrected chi connectivity index (χ0v) is 21.8. The molecule has 0 aliphatic carbocycles. The van der Waals surface area contributed by atoms with Gasteiger partial charge in [-0.15, -0.1) is 0 Å². The molecule has 2 atom stereocenters. The van der Waals surface area contributed by atoms with E-state index < -0.39 is 4.92 Å². The van der Waals surface area contributed by atoms with E-state index in [1.165, 1.54) is 24.8 Å². The Hall–Kier alpha value is -4.24. The van der Waals surface area contributed by atoms with E-state index in [9.17, 15) is 10.1 Å². The number of benzene rings is 2. The van der Waals surface area contributed by atoms with Crippen LogP contribution in [0.2, 0.25) is 0 Å². The Labute approximate surface area is 220 Å². The predicted octanol–water partition coefficient (Wildman–Crippen LogP) is 5.89. The first kappa shape index (κ1) is 24.5. The molecule has 2 aromatic heterocycles. The van der Waals surface area contributed by atoms with Crippen molar-refractivity contribution in [3.63, 3.8) is 0 Å². The summed E-state index contributed by atoms with van der Waals surface area (Å²) in [5, 5.41) is 15.5. The van der Waals surface area contributed by atoms with E-state index in [2.05, 4.69) is 57.0 Å². The van der Waals surface area contributed by atoms with Crippen molar-refractivity contribution in [2.45, 2.75) is 32.9 Å². The number of thiocarbonyl (C=S) groups is 1. The Morgan fingerprint density at radius 3 is 2.46 bits per heavy atom. The van der Waals surface area contributed by atoms with Gasteiger partial charge in [-0.3, -0.25) is 15.1 Å². The van der Waals surface area contributed by atoms with Crippen LogP contribution < -0.4 is 15.0 Å². The van der Waals surface area contributed by atoms with Gasteiger partial charge in [0.1, 0.15) is 5.75 Å².